The van der Waals surface area contributed by atoms with E-state index in [1.54, 1.807) is 29.3 Å². The molecular weight excluding hydrogens is 456 g/mol. The molecule has 2 N–H and O–H groups in total. The molecule has 180 valence electrons. The number of nitrogens with zero attached hydrogens (tertiary/aromatic N) is 7. The Hall–Kier alpha value is -4.78. The van der Waals surface area contributed by atoms with Gasteiger partial charge >= 0.3 is 5.97 Å². The van der Waals surface area contributed by atoms with Gasteiger partial charge in [-0.25, -0.2) is 19.6 Å². The van der Waals surface area contributed by atoms with Gasteiger partial charge in [-0.1, -0.05) is 0 Å². The van der Waals surface area contributed by atoms with Crippen molar-refractivity contribution >= 4 is 23.3 Å². The first-order valence-corrected chi connectivity index (χ1v) is 11.6. The molecule has 10 heteroatoms. The Bertz CT molecular complexity index is 1430. The molecule has 0 bridgehead atoms. The van der Waals surface area contributed by atoms with Crippen molar-refractivity contribution in [1.82, 2.24) is 24.7 Å². The molecule has 0 saturated carbocycles. The van der Waals surface area contributed by atoms with Crippen molar-refractivity contribution < 1.29 is 9.90 Å². The number of aryl methyl sites for hydroxylation is 1. The normalized spacial score (nSPS) is 13.8. The van der Waals surface area contributed by atoms with E-state index in [1.807, 2.05) is 43.3 Å². The van der Waals surface area contributed by atoms with Crippen molar-refractivity contribution in [3.05, 3.63) is 72.4 Å². The Labute approximate surface area is 207 Å². The lowest BCUT2D eigenvalue weighted by molar-refractivity contribution is -0.142. The van der Waals surface area contributed by atoms with Crippen LogP contribution in [0.1, 0.15) is 24.2 Å². The highest BCUT2D eigenvalue weighted by molar-refractivity contribution is 5.72. The molecule has 0 unspecified atom stereocenters. The first-order chi connectivity index (χ1) is 17.5. The second kappa shape index (κ2) is 9.84. The number of aromatic nitrogens is 5. The monoisotopic (exact) mass is 480 g/mol. The van der Waals surface area contributed by atoms with E-state index >= 15 is 0 Å². The van der Waals surface area contributed by atoms with Gasteiger partial charge in [-0.15, -0.1) is 0 Å². The summed E-state index contributed by atoms with van der Waals surface area (Å²) in [5, 5.41) is 26.4. The number of benzene rings is 2. The van der Waals surface area contributed by atoms with Crippen LogP contribution in [0.3, 0.4) is 0 Å². The number of aliphatic carboxylic acids is 1. The molecule has 2 aromatic heterocycles. The second-order valence-corrected chi connectivity index (χ2v) is 8.65. The molecule has 2 aromatic carbocycles. The number of nitrogens with one attached hydrogen (secondary N) is 1. The lowest BCUT2D eigenvalue weighted by Gasteiger charge is -2.32. The number of carboxylic acid groups (broad SMARTS) is 1. The Morgan fingerprint density at radius 2 is 1.86 bits per heavy atom. The quantitative estimate of drug-likeness (QED) is 0.421. The summed E-state index contributed by atoms with van der Waals surface area (Å²) >= 11 is 0. The summed E-state index contributed by atoms with van der Waals surface area (Å²) in [7, 11) is 0. The summed E-state index contributed by atoms with van der Waals surface area (Å²) in [6, 6.07) is 17.3. The van der Waals surface area contributed by atoms with Gasteiger partial charge in [0, 0.05) is 36.2 Å². The fourth-order valence-electron chi connectivity index (χ4n) is 4.27. The van der Waals surface area contributed by atoms with E-state index in [-0.39, 0.29) is 5.92 Å². The topological polar surface area (TPSA) is 133 Å². The van der Waals surface area contributed by atoms with E-state index in [0.717, 1.165) is 22.6 Å². The number of carboxylic acids is 1. The standard InChI is InChI=1S/C26H24N8O2/c1-17-29-16-34(32-17)22-4-2-21(3-5-22)30-26-28-9-6-24(31-26)20-12-18(15-27)13-23(14-20)33-10-7-19(8-11-33)25(35)36/h2-6,9,12-14,16,19H,7-8,10-11H2,1H3,(H,35,36)(H,28,30,31). The Balaban J connectivity index is 1.35. The molecule has 36 heavy (non-hydrogen) atoms. The lowest BCUT2D eigenvalue weighted by atomic mass is 9.96. The predicted molar refractivity (Wildman–Crippen MR) is 134 cm³/mol. The fraction of sp³-hybridized carbons (Fsp3) is 0.231. The minimum absolute atomic E-state index is 0.315. The number of piperidine rings is 1. The van der Waals surface area contributed by atoms with Gasteiger partial charge < -0.3 is 15.3 Å². The third kappa shape index (κ3) is 5.00. The molecule has 3 heterocycles. The minimum atomic E-state index is -0.745. The van der Waals surface area contributed by atoms with Crippen molar-refractivity contribution in [2.24, 2.45) is 5.92 Å². The largest absolute Gasteiger partial charge is 0.481 e. The molecule has 10 nitrogen and oxygen atoms in total. The van der Waals surface area contributed by atoms with Gasteiger partial charge in [0.15, 0.2) is 0 Å². The van der Waals surface area contributed by atoms with Crippen molar-refractivity contribution in [2.45, 2.75) is 19.8 Å². The van der Waals surface area contributed by atoms with E-state index in [9.17, 15) is 15.2 Å². The van der Waals surface area contributed by atoms with Crippen LogP contribution in [-0.4, -0.2) is 48.9 Å². The highest BCUT2D eigenvalue weighted by Gasteiger charge is 2.25. The van der Waals surface area contributed by atoms with Crippen molar-refractivity contribution in [1.29, 1.82) is 5.26 Å². The fourth-order valence-corrected chi connectivity index (χ4v) is 4.27. The van der Waals surface area contributed by atoms with Crippen molar-refractivity contribution in [3.8, 4) is 23.0 Å². The molecule has 0 spiro atoms. The third-order valence-corrected chi connectivity index (χ3v) is 6.20. The number of anilines is 3. The zero-order chi connectivity index (χ0) is 25.1. The van der Waals surface area contributed by atoms with E-state index in [4.69, 9.17) is 0 Å². The number of hydrogen-bond acceptors (Lipinski definition) is 8. The van der Waals surface area contributed by atoms with Gasteiger partial charge in [-0.3, -0.25) is 4.79 Å². The van der Waals surface area contributed by atoms with Gasteiger partial charge in [0.05, 0.1) is 28.9 Å². The molecule has 4 aromatic rings. The maximum atomic E-state index is 11.3. The Morgan fingerprint density at radius 3 is 2.53 bits per heavy atom. The first-order valence-electron chi connectivity index (χ1n) is 11.6. The molecule has 0 aliphatic carbocycles. The highest BCUT2D eigenvalue weighted by Crippen LogP contribution is 2.29. The second-order valence-electron chi connectivity index (χ2n) is 8.65. The molecule has 0 radical (unpaired) electrons. The van der Waals surface area contributed by atoms with Crippen molar-refractivity contribution in [2.75, 3.05) is 23.3 Å². The summed E-state index contributed by atoms with van der Waals surface area (Å²) < 4.78 is 1.71. The van der Waals surface area contributed by atoms with Gasteiger partial charge in [-0.2, -0.15) is 10.4 Å². The smallest absolute Gasteiger partial charge is 0.306 e. The predicted octanol–water partition coefficient (Wildman–Crippen LogP) is 3.95. The van der Waals surface area contributed by atoms with Crippen molar-refractivity contribution in [3.63, 3.8) is 0 Å². The van der Waals surface area contributed by atoms with Crippen LogP contribution < -0.4 is 10.2 Å². The SMILES string of the molecule is Cc1ncn(-c2ccc(Nc3nccc(-c4cc(C#N)cc(N5CCC(C(=O)O)CC5)c4)n3)cc2)n1. The number of rotatable bonds is 6. The molecule has 5 rings (SSSR count). The van der Waals surface area contributed by atoms with Gasteiger partial charge in [0.25, 0.3) is 0 Å². The average molecular weight is 481 g/mol. The highest BCUT2D eigenvalue weighted by atomic mass is 16.4. The molecule has 0 atom stereocenters. The Kier molecular flexibility index (Phi) is 6.28. The number of nitriles is 1. The van der Waals surface area contributed by atoms with E-state index in [0.29, 0.717) is 49.0 Å². The molecule has 1 saturated heterocycles. The van der Waals surface area contributed by atoms with Crippen LogP contribution in [0.25, 0.3) is 16.9 Å². The van der Waals surface area contributed by atoms with E-state index in [1.165, 1.54) is 0 Å². The van der Waals surface area contributed by atoms with E-state index < -0.39 is 5.97 Å². The van der Waals surface area contributed by atoms with Gasteiger partial charge in [0.1, 0.15) is 12.2 Å². The van der Waals surface area contributed by atoms with Crippen LogP contribution >= 0.6 is 0 Å². The van der Waals surface area contributed by atoms with Crippen LogP contribution in [0.2, 0.25) is 0 Å². The molecule has 0 amide bonds. The van der Waals surface area contributed by atoms with Crippen LogP contribution in [-0.2, 0) is 4.79 Å². The summed E-state index contributed by atoms with van der Waals surface area (Å²) in [6.45, 7) is 3.10. The molecule has 1 fully saturated rings. The first kappa shape index (κ1) is 23.0. The van der Waals surface area contributed by atoms with Crippen LogP contribution in [0.4, 0.5) is 17.3 Å². The Morgan fingerprint density at radius 1 is 1.08 bits per heavy atom. The maximum Gasteiger partial charge on any atom is 0.306 e. The summed E-state index contributed by atoms with van der Waals surface area (Å²) in [5.74, 6) is 0.0776. The summed E-state index contributed by atoms with van der Waals surface area (Å²) in [5.41, 5.74) is 4.60. The zero-order valence-electron chi connectivity index (χ0n) is 19.7. The van der Waals surface area contributed by atoms with Crippen LogP contribution in [0.15, 0.2) is 61.1 Å². The summed E-state index contributed by atoms with van der Waals surface area (Å²) in [6.07, 6.45) is 4.51. The molecule has 1 aliphatic heterocycles. The average Bonchev–Trinajstić information content (AvgIpc) is 3.35. The third-order valence-electron chi connectivity index (χ3n) is 6.20. The lowest BCUT2D eigenvalue weighted by Crippen LogP contribution is -2.36. The van der Waals surface area contributed by atoms with Gasteiger partial charge in [0.2, 0.25) is 5.95 Å². The molecular formula is C26H24N8O2. The minimum Gasteiger partial charge on any atom is -0.481 e. The summed E-state index contributed by atoms with van der Waals surface area (Å²) in [4.78, 5) is 26.6. The van der Waals surface area contributed by atoms with Crippen LogP contribution in [0.5, 0.6) is 0 Å². The maximum absolute atomic E-state index is 11.3. The van der Waals surface area contributed by atoms with Crippen LogP contribution in [0, 0.1) is 24.2 Å². The van der Waals surface area contributed by atoms with Gasteiger partial charge in [-0.05, 0) is 68.3 Å². The molecule has 1 aliphatic rings. The zero-order valence-corrected chi connectivity index (χ0v) is 19.7. The number of carbonyl (C=O) groups is 1. The number of hydrogen-bond donors (Lipinski definition) is 2. The van der Waals surface area contributed by atoms with E-state index in [2.05, 4.69) is 36.3 Å².